The average Bonchev–Trinajstić information content (AvgIpc) is 3.01. The molecule has 0 radical (unpaired) electrons. The number of esters is 1. The fraction of sp³-hybridized carbons (Fsp3) is 0.562. The second-order valence-corrected chi connectivity index (χ2v) is 5.71. The number of nitrogens with zero attached hydrogens (tertiary/aromatic N) is 3. The molecule has 2 heterocycles. The van der Waals surface area contributed by atoms with E-state index in [2.05, 4.69) is 10.0 Å². The molecule has 0 aromatic heterocycles. The Morgan fingerprint density at radius 1 is 1.24 bits per heavy atom. The van der Waals surface area contributed by atoms with Gasteiger partial charge in [-0.05, 0) is 17.7 Å². The lowest BCUT2D eigenvalue weighted by atomic mass is 9.96. The van der Waals surface area contributed by atoms with Crippen molar-refractivity contribution in [1.82, 2.24) is 0 Å². The summed E-state index contributed by atoms with van der Waals surface area (Å²) in [6.07, 6.45) is -3.29. The van der Waals surface area contributed by atoms with E-state index in [4.69, 9.17) is 29.2 Å². The van der Waals surface area contributed by atoms with Crippen LogP contribution in [0.1, 0.15) is 10.4 Å². The highest BCUT2D eigenvalue weighted by atomic mass is 16.7. The van der Waals surface area contributed by atoms with E-state index in [0.29, 0.717) is 5.56 Å². The number of hydrogen-bond donors (Lipinski definition) is 0. The van der Waals surface area contributed by atoms with Crippen molar-refractivity contribution in [3.8, 4) is 0 Å². The van der Waals surface area contributed by atoms with Gasteiger partial charge >= 0.3 is 5.97 Å². The number of carbonyl (C=O) groups is 1. The highest BCUT2D eigenvalue weighted by molar-refractivity contribution is 5.89. The van der Waals surface area contributed by atoms with Gasteiger partial charge in [0.15, 0.2) is 12.4 Å². The van der Waals surface area contributed by atoms with Gasteiger partial charge in [-0.15, -0.1) is 0 Å². The molecule has 0 spiro atoms. The zero-order valence-electron chi connectivity index (χ0n) is 13.8. The molecule has 9 heteroatoms. The van der Waals surface area contributed by atoms with Gasteiger partial charge in [-0.3, -0.25) is 0 Å². The van der Waals surface area contributed by atoms with Crippen molar-refractivity contribution in [2.45, 2.75) is 36.7 Å². The van der Waals surface area contributed by atoms with Gasteiger partial charge in [-0.25, -0.2) is 4.79 Å². The smallest absolute Gasteiger partial charge is 0.338 e. The molecule has 25 heavy (non-hydrogen) atoms. The Labute approximate surface area is 144 Å². The van der Waals surface area contributed by atoms with Gasteiger partial charge in [-0.1, -0.05) is 23.3 Å². The minimum atomic E-state index is -0.824. The molecule has 134 valence electrons. The van der Waals surface area contributed by atoms with Crippen LogP contribution >= 0.6 is 0 Å². The highest BCUT2D eigenvalue weighted by Crippen LogP contribution is 2.35. The number of fused-ring (bicyclic) bond motifs is 1. The van der Waals surface area contributed by atoms with Crippen LogP contribution in [0.3, 0.4) is 0 Å². The van der Waals surface area contributed by atoms with Crippen LogP contribution in [0.25, 0.3) is 10.4 Å². The fourth-order valence-corrected chi connectivity index (χ4v) is 3.12. The van der Waals surface area contributed by atoms with Gasteiger partial charge in [0, 0.05) is 19.1 Å². The van der Waals surface area contributed by atoms with E-state index in [1.807, 2.05) is 6.07 Å². The summed E-state index contributed by atoms with van der Waals surface area (Å²) in [6.45, 7) is 0.195. The molecule has 0 N–H and O–H groups in total. The normalized spacial score (nSPS) is 34.0. The molecule has 2 saturated heterocycles. The first-order valence-corrected chi connectivity index (χ1v) is 7.82. The van der Waals surface area contributed by atoms with Gasteiger partial charge in [0.05, 0.1) is 24.3 Å². The molecule has 0 saturated carbocycles. The number of carbonyl (C=O) groups excluding carboxylic acids is 1. The zero-order chi connectivity index (χ0) is 17.8. The maximum atomic E-state index is 12.4. The predicted octanol–water partition coefficient (Wildman–Crippen LogP) is 1.68. The van der Waals surface area contributed by atoms with Crippen molar-refractivity contribution in [3.05, 3.63) is 46.3 Å². The minimum Gasteiger partial charge on any atom is -0.450 e. The van der Waals surface area contributed by atoms with Crippen molar-refractivity contribution in [1.29, 1.82) is 0 Å². The second kappa shape index (κ2) is 7.81. The molecule has 1 aromatic carbocycles. The van der Waals surface area contributed by atoms with Gasteiger partial charge < -0.3 is 23.7 Å². The lowest BCUT2D eigenvalue weighted by Gasteiger charge is -2.36. The molecule has 0 amide bonds. The summed E-state index contributed by atoms with van der Waals surface area (Å²) < 4.78 is 27.7. The van der Waals surface area contributed by atoms with Gasteiger partial charge in [-0.2, -0.15) is 0 Å². The molecule has 2 fully saturated rings. The van der Waals surface area contributed by atoms with Gasteiger partial charge in [0.1, 0.15) is 12.2 Å². The van der Waals surface area contributed by atoms with Gasteiger partial charge in [0.25, 0.3) is 0 Å². The molecule has 2 aliphatic heterocycles. The first-order valence-electron chi connectivity index (χ1n) is 7.82. The van der Waals surface area contributed by atoms with Crippen LogP contribution in [0, 0.1) is 0 Å². The lowest BCUT2D eigenvalue weighted by molar-refractivity contribution is -0.163. The fourth-order valence-electron chi connectivity index (χ4n) is 3.12. The summed E-state index contributed by atoms with van der Waals surface area (Å²) in [4.78, 5) is 15.2. The third-order valence-corrected chi connectivity index (χ3v) is 4.35. The highest BCUT2D eigenvalue weighted by Gasteiger charge is 2.55. The van der Waals surface area contributed by atoms with E-state index in [9.17, 15) is 4.79 Å². The third-order valence-electron chi connectivity index (χ3n) is 4.35. The van der Waals surface area contributed by atoms with E-state index in [1.165, 1.54) is 14.2 Å². The molecular formula is C16H19N3O6. The Morgan fingerprint density at radius 3 is 2.64 bits per heavy atom. The summed E-state index contributed by atoms with van der Waals surface area (Å²) in [5, 5.41) is 3.77. The van der Waals surface area contributed by atoms with Crippen LogP contribution in [0.15, 0.2) is 35.4 Å². The number of azide groups is 1. The number of methoxy groups -OCH3 is 2. The minimum absolute atomic E-state index is 0.195. The maximum absolute atomic E-state index is 12.4. The largest absolute Gasteiger partial charge is 0.450 e. The van der Waals surface area contributed by atoms with Crippen molar-refractivity contribution >= 4 is 5.97 Å². The van der Waals surface area contributed by atoms with Crippen molar-refractivity contribution in [3.63, 3.8) is 0 Å². The van der Waals surface area contributed by atoms with Crippen molar-refractivity contribution in [2.75, 3.05) is 20.8 Å². The predicted molar refractivity (Wildman–Crippen MR) is 84.8 cm³/mol. The van der Waals surface area contributed by atoms with E-state index >= 15 is 0 Å². The van der Waals surface area contributed by atoms with Crippen molar-refractivity contribution < 1.29 is 28.5 Å². The Balaban J connectivity index is 1.80. The SMILES string of the molecule is CO[C@@H]1O[C@@H]2[C@H](N=[N+]=[N-])[C@H](OC)CO[C@H]2[C@H]1OC(=O)c1ccccc1. The summed E-state index contributed by atoms with van der Waals surface area (Å²) >= 11 is 0. The van der Waals surface area contributed by atoms with Gasteiger partial charge in [0.2, 0.25) is 0 Å². The molecule has 0 aliphatic carbocycles. The standard InChI is InChI=1S/C16H19N3O6/c1-21-10-8-23-13-12(11(10)18-19-17)25-16(22-2)14(13)24-15(20)9-6-4-3-5-7-9/h3-7,10-14,16H,8H2,1-2H3/t10-,11-,12-,13-,14-,16-/m1/s1. The Hall–Kier alpha value is -2.16. The maximum Gasteiger partial charge on any atom is 0.338 e. The van der Waals surface area contributed by atoms with Crippen LogP contribution in [-0.2, 0) is 23.7 Å². The summed E-state index contributed by atoms with van der Waals surface area (Å²) in [7, 11) is 2.95. The second-order valence-electron chi connectivity index (χ2n) is 5.71. The topological polar surface area (TPSA) is 112 Å². The lowest BCUT2D eigenvalue weighted by Crippen LogP contribution is -2.53. The van der Waals surface area contributed by atoms with E-state index < -0.39 is 42.7 Å². The van der Waals surface area contributed by atoms with Crippen LogP contribution in [-0.4, -0.2) is 63.5 Å². The summed E-state index contributed by atoms with van der Waals surface area (Å²) in [5.74, 6) is -0.505. The van der Waals surface area contributed by atoms with Crippen molar-refractivity contribution in [2.24, 2.45) is 5.11 Å². The Kier molecular flexibility index (Phi) is 5.52. The molecule has 2 aliphatic rings. The van der Waals surface area contributed by atoms with Crippen LogP contribution in [0.5, 0.6) is 0 Å². The third kappa shape index (κ3) is 3.46. The molecule has 1 aromatic rings. The van der Waals surface area contributed by atoms with E-state index in [0.717, 1.165) is 0 Å². The zero-order valence-corrected chi connectivity index (χ0v) is 13.8. The van der Waals surface area contributed by atoms with E-state index in [1.54, 1.807) is 24.3 Å². The molecule has 6 atom stereocenters. The number of benzene rings is 1. The first kappa shape index (κ1) is 17.7. The Bertz CT molecular complexity index is 651. The summed E-state index contributed by atoms with van der Waals surface area (Å²) in [5.41, 5.74) is 9.24. The van der Waals surface area contributed by atoms with Crippen LogP contribution in [0.2, 0.25) is 0 Å². The van der Waals surface area contributed by atoms with Crippen LogP contribution < -0.4 is 0 Å². The quantitative estimate of drug-likeness (QED) is 0.346. The molecule has 0 unspecified atom stereocenters. The number of ether oxygens (including phenoxy) is 5. The number of rotatable bonds is 5. The summed E-state index contributed by atoms with van der Waals surface area (Å²) in [6, 6.07) is 8.01. The molecular weight excluding hydrogens is 330 g/mol. The Morgan fingerprint density at radius 2 is 2.00 bits per heavy atom. The van der Waals surface area contributed by atoms with Crippen LogP contribution in [0.4, 0.5) is 0 Å². The van der Waals surface area contributed by atoms with E-state index in [-0.39, 0.29) is 6.61 Å². The molecule has 0 bridgehead atoms. The number of hydrogen-bond acceptors (Lipinski definition) is 7. The average molecular weight is 349 g/mol. The monoisotopic (exact) mass is 349 g/mol. The molecule has 3 rings (SSSR count). The first-order chi connectivity index (χ1) is 12.2. The molecule has 9 nitrogen and oxygen atoms in total.